The van der Waals surface area contributed by atoms with Crippen molar-refractivity contribution in [2.75, 3.05) is 25.9 Å². The molecule has 0 saturated carbocycles. The number of nitrogens with one attached hydrogen (secondary N) is 1. The first kappa shape index (κ1) is 17.8. The van der Waals surface area contributed by atoms with E-state index < -0.39 is 5.97 Å². The van der Waals surface area contributed by atoms with Crippen LogP contribution in [-0.2, 0) is 4.79 Å². The number of carboxylic acids is 1. The highest BCUT2D eigenvalue weighted by atomic mass is 32.2. The lowest BCUT2D eigenvalue weighted by molar-refractivity contribution is -0.137. The van der Waals surface area contributed by atoms with Gasteiger partial charge in [0.2, 0.25) is 0 Å². The molecule has 0 aromatic rings. The van der Waals surface area contributed by atoms with E-state index in [1.54, 1.807) is 11.8 Å². The number of carbonyl (C=O) groups is 2. The van der Waals surface area contributed by atoms with Crippen molar-refractivity contribution in [2.24, 2.45) is 0 Å². The number of carbonyl (C=O) groups excluding carboxylic acids is 1. The zero-order valence-corrected chi connectivity index (χ0v) is 12.8. The molecule has 0 spiro atoms. The fourth-order valence-corrected chi connectivity index (χ4v) is 2.54. The van der Waals surface area contributed by atoms with Gasteiger partial charge in [0.05, 0.1) is 0 Å². The van der Waals surface area contributed by atoms with Crippen molar-refractivity contribution in [2.45, 2.75) is 31.4 Å². The SMILES string of the molecule is C=CCN(CC(=O)O)C(=O)NCC(CC)(CC)SC. The van der Waals surface area contributed by atoms with Crippen LogP contribution in [0.25, 0.3) is 0 Å². The van der Waals surface area contributed by atoms with Crippen LogP contribution in [0, 0.1) is 0 Å². The van der Waals surface area contributed by atoms with E-state index in [1.807, 2.05) is 6.26 Å². The Morgan fingerprint density at radius 3 is 2.37 bits per heavy atom. The Bertz CT molecular complexity index is 309. The van der Waals surface area contributed by atoms with Crippen molar-refractivity contribution < 1.29 is 14.7 Å². The van der Waals surface area contributed by atoms with Crippen LogP contribution in [0.2, 0.25) is 0 Å². The predicted molar refractivity (Wildman–Crippen MR) is 79.6 cm³/mol. The van der Waals surface area contributed by atoms with Gasteiger partial charge in [-0.1, -0.05) is 19.9 Å². The third-order valence-corrected chi connectivity index (χ3v) is 4.83. The summed E-state index contributed by atoms with van der Waals surface area (Å²) in [5.74, 6) is -1.03. The second kappa shape index (κ2) is 8.85. The predicted octanol–water partition coefficient (Wildman–Crippen LogP) is 2.19. The summed E-state index contributed by atoms with van der Waals surface area (Å²) in [5, 5.41) is 11.6. The molecule has 6 heteroatoms. The molecule has 0 atom stereocenters. The molecule has 110 valence electrons. The molecule has 0 aromatic heterocycles. The van der Waals surface area contributed by atoms with Gasteiger partial charge in [0.25, 0.3) is 0 Å². The Morgan fingerprint density at radius 1 is 1.42 bits per heavy atom. The molecule has 2 amide bonds. The van der Waals surface area contributed by atoms with E-state index in [0.29, 0.717) is 6.54 Å². The van der Waals surface area contributed by atoms with E-state index in [0.717, 1.165) is 12.8 Å². The van der Waals surface area contributed by atoms with E-state index >= 15 is 0 Å². The van der Waals surface area contributed by atoms with Crippen LogP contribution in [-0.4, -0.2) is 52.6 Å². The maximum absolute atomic E-state index is 12.0. The van der Waals surface area contributed by atoms with Crippen molar-refractivity contribution in [3.05, 3.63) is 12.7 Å². The Balaban J connectivity index is 4.54. The molecule has 0 radical (unpaired) electrons. The average molecular weight is 288 g/mol. The zero-order chi connectivity index (χ0) is 14.9. The quantitative estimate of drug-likeness (QED) is 0.638. The van der Waals surface area contributed by atoms with Gasteiger partial charge in [-0.15, -0.1) is 6.58 Å². The molecular weight excluding hydrogens is 264 g/mol. The first-order valence-electron chi connectivity index (χ1n) is 6.35. The highest BCUT2D eigenvalue weighted by Crippen LogP contribution is 2.29. The standard InChI is InChI=1S/C13H24N2O3S/c1-5-8-15(9-11(16)17)12(18)14-10-13(6-2,7-3)19-4/h5H,1,6-10H2,2-4H3,(H,14,18)(H,16,17). The van der Waals surface area contributed by atoms with Gasteiger partial charge in [-0.05, 0) is 19.1 Å². The monoisotopic (exact) mass is 288 g/mol. The number of hydrogen-bond donors (Lipinski definition) is 2. The lowest BCUT2D eigenvalue weighted by atomic mass is 10.0. The fraction of sp³-hybridized carbons (Fsp3) is 0.692. The molecule has 0 aromatic carbocycles. The summed E-state index contributed by atoms with van der Waals surface area (Å²) in [6, 6.07) is -0.359. The first-order valence-corrected chi connectivity index (χ1v) is 7.57. The molecule has 0 saturated heterocycles. The minimum Gasteiger partial charge on any atom is -0.480 e. The number of aliphatic carboxylic acids is 1. The van der Waals surface area contributed by atoms with Gasteiger partial charge in [-0.3, -0.25) is 4.79 Å². The minimum absolute atomic E-state index is 0.0126. The van der Waals surface area contributed by atoms with Gasteiger partial charge in [-0.25, -0.2) is 4.79 Å². The zero-order valence-electron chi connectivity index (χ0n) is 11.9. The smallest absolute Gasteiger partial charge is 0.323 e. The Labute approximate surface area is 119 Å². The Hall–Kier alpha value is -1.17. The third-order valence-electron chi connectivity index (χ3n) is 3.25. The normalized spacial score (nSPS) is 10.9. The van der Waals surface area contributed by atoms with Gasteiger partial charge < -0.3 is 15.3 Å². The average Bonchev–Trinajstić information content (AvgIpc) is 2.39. The molecule has 0 bridgehead atoms. The van der Waals surface area contributed by atoms with Crippen LogP contribution in [0.4, 0.5) is 4.79 Å². The second-order valence-corrected chi connectivity index (χ2v) is 5.59. The van der Waals surface area contributed by atoms with Gasteiger partial charge in [0.15, 0.2) is 0 Å². The van der Waals surface area contributed by atoms with Crippen LogP contribution in [0.3, 0.4) is 0 Å². The van der Waals surface area contributed by atoms with E-state index in [9.17, 15) is 9.59 Å². The van der Waals surface area contributed by atoms with Crippen LogP contribution < -0.4 is 5.32 Å². The Morgan fingerprint density at radius 2 is 2.00 bits per heavy atom. The van der Waals surface area contributed by atoms with Gasteiger partial charge in [0.1, 0.15) is 6.54 Å². The van der Waals surface area contributed by atoms with Crippen molar-refractivity contribution in [3.8, 4) is 0 Å². The van der Waals surface area contributed by atoms with Crippen molar-refractivity contribution in [1.82, 2.24) is 10.2 Å². The number of urea groups is 1. The van der Waals surface area contributed by atoms with Crippen LogP contribution in [0.1, 0.15) is 26.7 Å². The fourth-order valence-electron chi connectivity index (χ4n) is 1.75. The minimum atomic E-state index is -1.03. The number of carboxylic acid groups (broad SMARTS) is 1. The van der Waals surface area contributed by atoms with E-state index in [-0.39, 0.29) is 23.9 Å². The summed E-state index contributed by atoms with van der Waals surface area (Å²) in [7, 11) is 0. The Kier molecular flexibility index (Phi) is 8.30. The molecule has 0 fully saturated rings. The van der Waals surface area contributed by atoms with Crippen molar-refractivity contribution in [3.63, 3.8) is 0 Å². The lowest BCUT2D eigenvalue weighted by Crippen LogP contribution is -2.47. The molecule has 19 heavy (non-hydrogen) atoms. The number of hydrogen-bond acceptors (Lipinski definition) is 3. The summed E-state index contributed by atoms with van der Waals surface area (Å²) in [4.78, 5) is 23.9. The maximum Gasteiger partial charge on any atom is 0.323 e. The summed E-state index contributed by atoms with van der Waals surface area (Å²) in [6.07, 6.45) is 5.44. The molecule has 0 aliphatic heterocycles. The molecule has 0 unspecified atom stereocenters. The molecule has 2 N–H and O–H groups in total. The molecule has 0 aliphatic rings. The summed E-state index contributed by atoms with van der Waals surface area (Å²) < 4.78 is 0.0126. The summed E-state index contributed by atoms with van der Waals surface area (Å²) in [6.45, 7) is 8.15. The van der Waals surface area contributed by atoms with Crippen LogP contribution in [0.15, 0.2) is 12.7 Å². The van der Waals surface area contributed by atoms with Crippen LogP contribution in [0.5, 0.6) is 0 Å². The highest BCUT2D eigenvalue weighted by molar-refractivity contribution is 8.00. The lowest BCUT2D eigenvalue weighted by Gasteiger charge is -2.31. The topological polar surface area (TPSA) is 69.6 Å². The summed E-state index contributed by atoms with van der Waals surface area (Å²) >= 11 is 1.73. The van der Waals surface area contributed by atoms with Crippen molar-refractivity contribution >= 4 is 23.8 Å². The number of nitrogens with zero attached hydrogens (tertiary/aromatic N) is 1. The highest BCUT2D eigenvalue weighted by Gasteiger charge is 2.26. The van der Waals surface area contributed by atoms with E-state index in [2.05, 4.69) is 25.7 Å². The van der Waals surface area contributed by atoms with Gasteiger partial charge in [0, 0.05) is 17.8 Å². The van der Waals surface area contributed by atoms with E-state index in [1.165, 1.54) is 11.0 Å². The molecule has 5 nitrogen and oxygen atoms in total. The second-order valence-electron chi connectivity index (χ2n) is 4.32. The van der Waals surface area contributed by atoms with Crippen molar-refractivity contribution in [1.29, 1.82) is 0 Å². The van der Waals surface area contributed by atoms with Crippen LogP contribution >= 0.6 is 11.8 Å². The number of rotatable bonds is 9. The molecule has 0 aliphatic carbocycles. The molecule has 0 heterocycles. The largest absolute Gasteiger partial charge is 0.480 e. The third kappa shape index (κ3) is 6.00. The molecular formula is C13H24N2O3S. The van der Waals surface area contributed by atoms with Gasteiger partial charge in [-0.2, -0.15) is 11.8 Å². The van der Waals surface area contributed by atoms with E-state index in [4.69, 9.17) is 5.11 Å². The summed E-state index contributed by atoms with van der Waals surface area (Å²) in [5.41, 5.74) is 0. The maximum atomic E-state index is 12.0. The number of amides is 2. The number of thioether (sulfide) groups is 1. The van der Waals surface area contributed by atoms with Gasteiger partial charge >= 0.3 is 12.0 Å². The molecule has 0 rings (SSSR count). The first-order chi connectivity index (χ1) is 8.94.